The van der Waals surface area contributed by atoms with E-state index in [9.17, 15) is 4.79 Å². The number of benzene rings is 1. The van der Waals surface area contributed by atoms with Gasteiger partial charge in [0.2, 0.25) is 0 Å². The van der Waals surface area contributed by atoms with Crippen molar-refractivity contribution in [3.8, 4) is 5.75 Å². The molecule has 1 saturated heterocycles. The summed E-state index contributed by atoms with van der Waals surface area (Å²) in [5.74, 6) is 0.602. The Morgan fingerprint density at radius 2 is 2.05 bits per heavy atom. The van der Waals surface area contributed by atoms with Crippen molar-refractivity contribution in [1.29, 1.82) is 0 Å². The molecule has 1 heterocycles. The van der Waals surface area contributed by atoms with Crippen LogP contribution in [0.5, 0.6) is 5.75 Å². The van der Waals surface area contributed by atoms with Crippen molar-refractivity contribution in [2.24, 2.45) is 0 Å². The number of hydrogen-bond acceptors (Lipinski definition) is 2. The first-order chi connectivity index (χ1) is 9.20. The first-order valence-corrected chi connectivity index (χ1v) is 7.07. The second kappa shape index (κ2) is 6.78. The number of halogens is 1. The molecule has 104 valence electrons. The number of para-hydroxylation sites is 1. The minimum atomic E-state index is 0.0371. The van der Waals surface area contributed by atoms with Crippen molar-refractivity contribution >= 4 is 17.5 Å². The smallest absolute Gasteiger partial charge is 0.260 e. The van der Waals surface area contributed by atoms with E-state index < -0.39 is 0 Å². The average molecular weight is 284 g/mol. The molecule has 0 bridgehead atoms. The predicted octanol–water partition coefficient (Wildman–Crippen LogP) is 0.466. The molecule has 0 saturated carbocycles. The van der Waals surface area contributed by atoms with Gasteiger partial charge in [-0.05, 0) is 19.1 Å². The van der Waals surface area contributed by atoms with Crippen LogP contribution in [0.25, 0.3) is 0 Å². The van der Waals surface area contributed by atoms with Gasteiger partial charge in [-0.15, -0.1) is 0 Å². The number of amides is 1. The number of rotatable bonds is 4. The number of nitrogens with zero attached hydrogens (tertiary/aromatic N) is 1. The molecule has 1 amide bonds. The maximum absolute atomic E-state index is 12.0. The monoisotopic (exact) mass is 283 g/mol. The van der Waals surface area contributed by atoms with Crippen molar-refractivity contribution < 1.29 is 14.4 Å². The van der Waals surface area contributed by atoms with Gasteiger partial charge in [-0.3, -0.25) is 4.79 Å². The number of quaternary nitrogens is 1. The third-order valence-electron chi connectivity index (χ3n) is 3.51. The number of likely N-dealkylation sites (N-methyl/N-ethyl adjacent to an activating group) is 1. The maximum atomic E-state index is 12.0. The normalized spacial score (nSPS) is 16.4. The lowest BCUT2D eigenvalue weighted by atomic mass is 10.3. The maximum Gasteiger partial charge on any atom is 0.260 e. The first kappa shape index (κ1) is 14.2. The Balaban J connectivity index is 1.81. The van der Waals surface area contributed by atoms with Gasteiger partial charge in [-0.1, -0.05) is 23.7 Å². The number of carbonyl (C=O) groups is 1. The van der Waals surface area contributed by atoms with Gasteiger partial charge in [0.25, 0.3) is 5.91 Å². The highest BCUT2D eigenvalue weighted by atomic mass is 35.5. The van der Waals surface area contributed by atoms with E-state index in [1.54, 1.807) is 17.0 Å². The largest absolute Gasteiger partial charge is 0.482 e. The molecule has 0 aliphatic carbocycles. The lowest BCUT2D eigenvalue weighted by molar-refractivity contribution is -0.902. The van der Waals surface area contributed by atoms with Gasteiger partial charge in [0.05, 0.1) is 37.7 Å². The Kier molecular flexibility index (Phi) is 5.05. The molecule has 4 nitrogen and oxygen atoms in total. The van der Waals surface area contributed by atoms with E-state index >= 15 is 0 Å². The number of piperazine rings is 1. The molecule has 1 N–H and O–H groups in total. The molecule has 0 spiro atoms. The first-order valence-electron chi connectivity index (χ1n) is 6.69. The fourth-order valence-electron chi connectivity index (χ4n) is 2.22. The fourth-order valence-corrected chi connectivity index (χ4v) is 2.41. The van der Waals surface area contributed by atoms with E-state index in [0.29, 0.717) is 10.8 Å². The van der Waals surface area contributed by atoms with E-state index in [4.69, 9.17) is 16.3 Å². The zero-order chi connectivity index (χ0) is 13.7. The summed E-state index contributed by atoms with van der Waals surface area (Å²) >= 11 is 5.98. The van der Waals surface area contributed by atoms with Crippen LogP contribution in [-0.2, 0) is 4.79 Å². The zero-order valence-electron chi connectivity index (χ0n) is 11.2. The van der Waals surface area contributed by atoms with Crippen LogP contribution in [0, 0.1) is 0 Å². The molecule has 19 heavy (non-hydrogen) atoms. The van der Waals surface area contributed by atoms with Crippen LogP contribution < -0.4 is 9.64 Å². The van der Waals surface area contributed by atoms with Crippen LogP contribution in [0.1, 0.15) is 6.92 Å². The van der Waals surface area contributed by atoms with Crippen molar-refractivity contribution in [3.63, 3.8) is 0 Å². The van der Waals surface area contributed by atoms with Crippen molar-refractivity contribution in [2.45, 2.75) is 6.92 Å². The Hall–Kier alpha value is -1.26. The van der Waals surface area contributed by atoms with Crippen LogP contribution in [-0.4, -0.2) is 50.1 Å². The summed E-state index contributed by atoms with van der Waals surface area (Å²) in [4.78, 5) is 15.4. The van der Waals surface area contributed by atoms with Crippen LogP contribution in [0.15, 0.2) is 24.3 Å². The Morgan fingerprint density at radius 1 is 1.37 bits per heavy atom. The number of hydrogen-bond donors (Lipinski definition) is 1. The molecule has 1 fully saturated rings. The molecule has 5 heteroatoms. The molecular formula is C14H20ClN2O2+. The molecule has 1 aromatic carbocycles. The number of nitrogens with one attached hydrogen (secondary N) is 1. The van der Waals surface area contributed by atoms with Gasteiger partial charge in [-0.2, -0.15) is 0 Å². The average Bonchev–Trinajstić information content (AvgIpc) is 2.46. The topological polar surface area (TPSA) is 34.0 Å². The highest BCUT2D eigenvalue weighted by Gasteiger charge is 2.22. The molecule has 1 aromatic rings. The van der Waals surface area contributed by atoms with Gasteiger partial charge in [0, 0.05) is 0 Å². The van der Waals surface area contributed by atoms with E-state index in [-0.39, 0.29) is 12.5 Å². The Labute approximate surface area is 118 Å². The van der Waals surface area contributed by atoms with E-state index in [2.05, 4.69) is 6.92 Å². The van der Waals surface area contributed by atoms with Gasteiger partial charge in [0.15, 0.2) is 6.61 Å². The Morgan fingerprint density at radius 3 is 2.68 bits per heavy atom. The SMILES string of the molecule is CC[NH+]1CCN(C(=O)COc2ccccc2Cl)CC1. The lowest BCUT2D eigenvalue weighted by Crippen LogP contribution is -3.14. The second-order valence-electron chi connectivity index (χ2n) is 4.70. The van der Waals surface area contributed by atoms with Crippen molar-refractivity contribution in [2.75, 3.05) is 39.3 Å². The van der Waals surface area contributed by atoms with E-state index in [0.717, 1.165) is 32.7 Å². The molecule has 0 atom stereocenters. The third kappa shape index (κ3) is 3.85. The standard InChI is InChI=1S/C14H19ClN2O2/c1-2-16-7-9-17(10-8-16)14(18)11-19-13-6-4-3-5-12(13)15/h3-6H,2,7-11H2,1H3/p+1. The summed E-state index contributed by atoms with van der Waals surface area (Å²) in [5, 5.41) is 0.538. The molecule has 1 aliphatic heterocycles. The summed E-state index contributed by atoms with van der Waals surface area (Å²) < 4.78 is 5.48. The summed E-state index contributed by atoms with van der Waals surface area (Å²) in [7, 11) is 0. The molecular weight excluding hydrogens is 264 g/mol. The fraction of sp³-hybridized carbons (Fsp3) is 0.500. The predicted molar refractivity (Wildman–Crippen MR) is 74.8 cm³/mol. The molecule has 0 radical (unpaired) electrons. The highest BCUT2D eigenvalue weighted by Crippen LogP contribution is 2.22. The summed E-state index contributed by atoms with van der Waals surface area (Å²) in [6.45, 7) is 7.03. The number of carbonyl (C=O) groups excluding carboxylic acids is 1. The number of ether oxygens (including phenoxy) is 1. The van der Waals surface area contributed by atoms with Crippen molar-refractivity contribution in [1.82, 2.24) is 4.90 Å². The summed E-state index contributed by atoms with van der Waals surface area (Å²) in [6.07, 6.45) is 0. The quantitative estimate of drug-likeness (QED) is 0.871. The van der Waals surface area contributed by atoms with Gasteiger partial charge < -0.3 is 14.5 Å². The van der Waals surface area contributed by atoms with Crippen LogP contribution in [0.2, 0.25) is 5.02 Å². The Bertz CT molecular complexity index is 431. The van der Waals surface area contributed by atoms with Crippen LogP contribution >= 0.6 is 11.6 Å². The van der Waals surface area contributed by atoms with Crippen molar-refractivity contribution in [3.05, 3.63) is 29.3 Å². The minimum absolute atomic E-state index is 0.0371. The summed E-state index contributed by atoms with van der Waals surface area (Å²) in [6, 6.07) is 7.21. The molecule has 0 aromatic heterocycles. The van der Waals surface area contributed by atoms with E-state index in [1.807, 2.05) is 17.0 Å². The molecule has 2 rings (SSSR count). The van der Waals surface area contributed by atoms with Gasteiger partial charge in [0.1, 0.15) is 5.75 Å². The van der Waals surface area contributed by atoms with Gasteiger partial charge in [-0.25, -0.2) is 0 Å². The van der Waals surface area contributed by atoms with Crippen LogP contribution in [0.4, 0.5) is 0 Å². The minimum Gasteiger partial charge on any atom is -0.482 e. The lowest BCUT2D eigenvalue weighted by Gasteiger charge is -2.31. The molecule has 0 unspecified atom stereocenters. The summed E-state index contributed by atoms with van der Waals surface area (Å²) in [5.41, 5.74) is 0. The molecule has 1 aliphatic rings. The second-order valence-corrected chi connectivity index (χ2v) is 5.11. The van der Waals surface area contributed by atoms with Crippen LogP contribution in [0.3, 0.4) is 0 Å². The van der Waals surface area contributed by atoms with E-state index in [1.165, 1.54) is 0 Å². The highest BCUT2D eigenvalue weighted by molar-refractivity contribution is 6.32. The van der Waals surface area contributed by atoms with Gasteiger partial charge >= 0.3 is 0 Å². The third-order valence-corrected chi connectivity index (χ3v) is 3.82. The zero-order valence-corrected chi connectivity index (χ0v) is 11.9.